The number of nitrogens with one attached hydrogen (secondary N) is 3. The van der Waals surface area contributed by atoms with Crippen LogP contribution >= 0.6 is 15.9 Å². The van der Waals surface area contributed by atoms with E-state index in [2.05, 4.69) is 26.6 Å². The number of amides is 2. The molecule has 0 aliphatic rings. The minimum Gasteiger partial charge on any atom is -0.351 e. The molecule has 0 saturated carbocycles. The molecule has 5 N–H and O–H groups in total. The van der Waals surface area contributed by atoms with Crippen LogP contribution in [0.2, 0.25) is 0 Å². The van der Waals surface area contributed by atoms with Crippen molar-refractivity contribution in [2.24, 2.45) is 5.73 Å². The van der Waals surface area contributed by atoms with Gasteiger partial charge in [-0.05, 0) is 30.2 Å². The highest BCUT2D eigenvalue weighted by molar-refractivity contribution is 9.10. The maximum absolute atomic E-state index is 10.5. The molecule has 0 bridgehead atoms. The fraction of sp³-hybridized carbons (Fsp3) is 0.200. The Bertz CT molecular complexity index is 419. The summed E-state index contributed by atoms with van der Waals surface area (Å²) in [7, 11) is 0. The monoisotopic (exact) mass is 284 g/mol. The van der Waals surface area contributed by atoms with E-state index >= 15 is 0 Å². The summed E-state index contributed by atoms with van der Waals surface area (Å²) in [6.45, 7) is 2.01. The molecule has 5 nitrogen and oxygen atoms in total. The van der Waals surface area contributed by atoms with Crippen LogP contribution in [0.5, 0.6) is 0 Å². The number of anilines is 1. The average Bonchev–Trinajstić information content (AvgIpc) is 2.19. The number of guanidine groups is 1. The van der Waals surface area contributed by atoms with Crippen LogP contribution in [0.25, 0.3) is 0 Å². The van der Waals surface area contributed by atoms with Gasteiger partial charge in [0.2, 0.25) is 5.96 Å². The lowest BCUT2D eigenvalue weighted by molar-refractivity contribution is 0.253. The minimum absolute atomic E-state index is 0.135. The Labute approximate surface area is 102 Å². The predicted octanol–water partition coefficient (Wildman–Crippen LogP) is 2.03. The van der Waals surface area contributed by atoms with Crippen molar-refractivity contribution in [2.45, 2.75) is 13.3 Å². The summed E-state index contributed by atoms with van der Waals surface area (Å²) >= 11 is 3.37. The molecule has 0 spiro atoms. The number of rotatable bonds is 2. The van der Waals surface area contributed by atoms with E-state index in [1.807, 2.05) is 25.1 Å². The highest BCUT2D eigenvalue weighted by Gasteiger charge is 2.04. The van der Waals surface area contributed by atoms with Crippen LogP contribution in [-0.4, -0.2) is 12.0 Å². The second-order valence-electron chi connectivity index (χ2n) is 3.14. The maximum atomic E-state index is 10.5. The Kier molecular flexibility index (Phi) is 4.30. The summed E-state index contributed by atoms with van der Waals surface area (Å²) in [4.78, 5) is 10.5. The van der Waals surface area contributed by atoms with Crippen LogP contribution in [0, 0.1) is 5.41 Å². The number of hydrogen-bond donors (Lipinski definition) is 4. The Hall–Kier alpha value is -1.56. The topological polar surface area (TPSA) is 91.0 Å². The second kappa shape index (κ2) is 5.50. The highest BCUT2D eigenvalue weighted by atomic mass is 79.9. The van der Waals surface area contributed by atoms with Gasteiger partial charge in [0.25, 0.3) is 0 Å². The van der Waals surface area contributed by atoms with Gasteiger partial charge in [0.15, 0.2) is 0 Å². The van der Waals surface area contributed by atoms with E-state index in [0.717, 1.165) is 22.1 Å². The molecule has 16 heavy (non-hydrogen) atoms. The molecule has 0 aliphatic carbocycles. The lowest BCUT2D eigenvalue weighted by Gasteiger charge is -2.11. The summed E-state index contributed by atoms with van der Waals surface area (Å²) < 4.78 is 0.976. The van der Waals surface area contributed by atoms with E-state index in [1.54, 1.807) is 0 Å². The average molecular weight is 285 g/mol. The lowest BCUT2D eigenvalue weighted by Crippen LogP contribution is -2.38. The van der Waals surface area contributed by atoms with Crippen LogP contribution < -0.4 is 16.4 Å². The zero-order chi connectivity index (χ0) is 12.1. The highest BCUT2D eigenvalue weighted by Crippen LogP contribution is 2.21. The van der Waals surface area contributed by atoms with Crippen LogP contribution in [0.3, 0.4) is 0 Å². The number of urea groups is 1. The first-order valence-electron chi connectivity index (χ1n) is 4.73. The van der Waals surface area contributed by atoms with E-state index in [0.29, 0.717) is 0 Å². The number of carbonyl (C=O) groups is 1. The Balaban J connectivity index is 2.80. The molecule has 0 aromatic heterocycles. The molecule has 0 unspecified atom stereocenters. The number of nitrogens with two attached hydrogens (primary N) is 1. The molecule has 0 radical (unpaired) electrons. The number of carbonyl (C=O) groups excluding carboxylic acids is 1. The number of aryl methyl sites for hydroxylation is 1. The normalized spacial score (nSPS) is 9.62. The molecule has 6 heteroatoms. The van der Waals surface area contributed by atoms with Crippen LogP contribution in [0.15, 0.2) is 22.7 Å². The van der Waals surface area contributed by atoms with E-state index in [4.69, 9.17) is 11.1 Å². The summed E-state index contributed by atoms with van der Waals surface area (Å²) in [6, 6.07) is 4.90. The largest absolute Gasteiger partial charge is 0.351 e. The Morgan fingerprint density at radius 3 is 2.81 bits per heavy atom. The summed E-state index contributed by atoms with van der Waals surface area (Å²) in [5.74, 6) is -0.135. The lowest BCUT2D eigenvalue weighted by atomic mass is 10.1. The van der Waals surface area contributed by atoms with Gasteiger partial charge >= 0.3 is 6.03 Å². The molecular formula is C10H13BrN4O. The fourth-order valence-corrected chi connectivity index (χ4v) is 1.67. The van der Waals surface area contributed by atoms with Gasteiger partial charge in [-0.25, -0.2) is 4.79 Å². The van der Waals surface area contributed by atoms with Crippen molar-refractivity contribution in [3.63, 3.8) is 0 Å². The third-order valence-corrected chi connectivity index (χ3v) is 2.45. The van der Waals surface area contributed by atoms with Gasteiger partial charge in [0.1, 0.15) is 0 Å². The molecule has 1 aromatic rings. The van der Waals surface area contributed by atoms with Crippen molar-refractivity contribution in [3.05, 3.63) is 28.2 Å². The molecular weight excluding hydrogens is 272 g/mol. The number of halogens is 1. The molecule has 1 aromatic carbocycles. The van der Waals surface area contributed by atoms with Crippen LogP contribution in [0.4, 0.5) is 10.5 Å². The van der Waals surface area contributed by atoms with E-state index in [9.17, 15) is 4.79 Å². The van der Waals surface area contributed by atoms with Gasteiger partial charge < -0.3 is 11.1 Å². The second-order valence-corrected chi connectivity index (χ2v) is 4.06. The SMILES string of the molecule is CCc1cc(Br)ccc1NC(=N)NC(N)=O. The van der Waals surface area contributed by atoms with Crippen molar-refractivity contribution in [1.82, 2.24) is 5.32 Å². The van der Waals surface area contributed by atoms with Crippen LogP contribution in [-0.2, 0) is 6.42 Å². The first-order chi connectivity index (χ1) is 7.52. The standard InChI is InChI=1S/C10H13BrN4O/c1-2-6-5-7(11)3-4-8(6)14-9(12)15-10(13)16/h3-5H,2H2,1H3,(H5,12,13,14,15,16). The van der Waals surface area contributed by atoms with Crippen molar-refractivity contribution in [2.75, 3.05) is 5.32 Å². The minimum atomic E-state index is -0.757. The van der Waals surface area contributed by atoms with E-state index < -0.39 is 6.03 Å². The molecule has 0 aliphatic heterocycles. The Morgan fingerprint density at radius 2 is 2.25 bits per heavy atom. The van der Waals surface area contributed by atoms with Crippen molar-refractivity contribution in [1.29, 1.82) is 5.41 Å². The van der Waals surface area contributed by atoms with Gasteiger partial charge in [-0.15, -0.1) is 0 Å². The maximum Gasteiger partial charge on any atom is 0.318 e. The summed E-state index contributed by atoms with van der Waals surface area (Å²) in [5, 5.41) is 12.4. The number of hydrogen-bond acceptors (Lipinski definition) is 2. The Morgan fingerprint density at radius 1 is 1.56 bits per heavy atom. The summed E-state index contributed by atoms with van der Waals surface area (Å²) in [6.07, 6.45) is 0.825. The van der Waals surface area contributed by atoms with Crippen molar-refractivity contribution >= 4 is 33.6 Å². The smallest absolute Gasteiger partial charge is 0.318 e. The molecule has 0 heterocycles. The van der Waals surface area contributed by atoms with Crippen molar-refractivity contribution in [3.8, 4) is 0 Å². The van der Waals surface area contributed by atoms with Gasteiger partial charge in [-0.1, -0.05) is 22.9 Å². The molecule has 1 rings (SSSR count). The van der Waals surface area contributed by atoms with Crippen molar-refractivity contribution < 1.29 is 4.79 Å². The van der Waals surface area contributed by atoms with Crippen LogP contribution in [0.1, 0.15) is 12.5 Å². The summed E-state index contributed by atoms with van der Waals surface area (Å²) in [5.41, 5.74) is 6.73. The quantitative estimate of drug-likeness (QED) is 0.494. The molecule has 2 amide bonds. The first-order valence-corrected chi connectivity index (χ1v) is 5.52. The van der Waals surface area contributed by atoms with E-state index in [-0.39, 0.29) is 5.96 Å². The molecule has 0 fully saturated rings. The molecule has 86 valence electrons. The predicted molar refractivity (Wildman–Crippen MR) is 67.6 cm³/mol. The van der Waals surface area contributed by atoms with Gasteiger partial charge in [0, 0.05) is 10.2 Å². The van der Waals surface area contributed by atoms with Gasteiger partial charge in [-0.2, -0.15) is 0 Å². The first kappa shape index (κ1) is 12.5. The molecule has 0 saturated heterocycles. The van der Waals surface area contributed by atoms with Gasteiger partial charge in [-0.3, -0.25) is 10.7 Å². The zero-order valence-electron chi connectivity index (χ0n) is 8.80. The third-order valence-electron chi connectivity index (χ3n) is 1.96. The fourth-order valence-electron chi connectivity index (χ4n) is 1.27. The number of primary amides is 1. The van der Waals surface area contributed by atoms with Gasteiger partial charge in [0.05, 0.1) is 0 Å². The molecule has 0 atom stereocenters. The van der Waals surface area contributed by atoms with E-state index in [1.165, 1.54) is 0 Å². The zero-order valence-corrected chi connectivity index (χ0v) is 10.4. The number of benzene rings is 1. The third kappa shape index (κ3) is 3.54.